The minimum Gasteiger partial charge on any atom is -0.348 e. The van der Waals surface area contributed by atoms with Crippen molar-refractivity contribution >= 4 is 11.8 Å². The molecular weight excluding hydrogens is 326 g/mol. The summed E-state index contributed by atoms with van der Waals surface area (Å²) in [4.78, 5) is 28.0. The van der Waals surface area contributed by atoms with Crippen molar-refractivity contribution in [2.45, 2.75) is 13.0 Å². The Hall–Kier alpha value is -2.66. The van der Waals surface area contributed by atoms with Gasteiger partial charge < -0.3 is 10.2 Å². The molecule has 0 unspecified atom stereocenters. The number of nitrogens with one attached hydrogen (secondary N) is 1. The van der Waals surface area contributed by atoms with Gasteiger partial charge in [0.2, 0.25) is 0 Å². The van der Waals surface area contributed by atoms with E-state index in [2.05, 4.69) is 58.7 Å². The van der Waals surface area contributed by atoms with Crippen molar-refractivity contribution in [2.75, 3.05) is 32.7 Å². The lowest BCUT2D eigenvalue weighted by molar-refractivity contribution is -0.147. The molecule has 2 amide bonds. The molecule has 0 bridgehead atoms. The molecule has 0 saturated carbocycles. The molecule has 3 rings (SSSR count). The van der Waals surface area contributed by atoms with E-state index in [1.165, 1.54) is 11.1 Å². The fraction of sp³-hybridized carbons (Fsp3) is 0.333. The van der Waals surface area contributed by atoms with Crippen molar-refractivity contribution in [1.29, 1.82) is 0 Å². The summed E-state index contributed by atoms with van der Waals surface area (Å²) in [6, 6.07) is 21.0. The Morgan fingerprint density at radius 3 is 1.85 bits per heavy atom. The van der Waals surface area contributed by atoms with Crippen LogP contribution in [-0.2, 0) is 9.59 Å². The Kier molecular flexibility index (Phi) is 6.02. The largest absolute Gasteiger partial charge is 0.348 e. The van der Waals surface area contributed by atoms with Gasteiger partial charge in [0, 0.05) is 32.7 Å². The molecule has 1 aliphatic heterocycles. The van der Waals surface area contributed by atoms with Crippen LogP contribution >= 0.6 is 0 Å². The summed E-state index contributed by atoms with van der Waals surface area (Å²) in [7, 11) is 0. The summed E-state index contributed by atoms with van der Waals surface area (Å²) in [5.74, 6) is -0.939. The molecule has 5 heteroatoms. The normalized spacial score (nSPS) is 15.1. The topological polar surface area (TPSA) is 52.7 Å². The highest BCUT2D eigenvalue weighted by Crippen LogP contribution is 2.29. The lowest BCUT2D eigenvalue weighted by atomic mass is 9.96. The van der Waals surface area contributed by atoms with Crippen LogP contribution in [-0.4, -0.2) is 54.3 Å². The van der Waals surface area contributed by atoms with Crippen molar-refractivity contribution in [3.63, 3.8) is 0 Å². The lowest BCUT2D eigenvalue weighted by Gasteiger charge is -2.39. The van der Waals surface area contributed by atoms with E-state index in [0.29, 0.717) is 19.6 Å². The Morgan fingerprint density at radius 2 is 1.38 bits per heavy atom. The smallest absolute Gasteiger partial charge is 0.311 e. The van der Waals surface area contributed by atoms with Crippen LogP contribution in [0.25, 0.3) is 0 Å². The maximum absolute atomic E-state index is 12.2. The molecule has 0 spiro atoms. The Bertz CT molecular complexity index is 686. The fourth-order valence-corrected chi connectivity index (χ4v) is 3.45. The molecule has 2 aromatic rings. The fourth-order valence-electron chi connectivity index (χ4n) is 3.45. The molecule has 0 aliphatic carbocycles. The zero-order valence-corrected chi connectivity index (χ0v) is 15.1. The van der Waals surface area contributed by atoms with Crippen LogP contribution < -0.4 is 5.32 Å². The van der Waals surface area contributed by atoms with Gasteiger partial charge in [0.05, 0.1) is 6.04 Å². The molecule has 1 fully saturated rings. The highest BCUT2D eigenvalue weighted by atomic mass is 16.2. The summed E-state index contributed by atoms with van der Waals surface area (Å²) in [5.41, 5.74) is 2.48. The van der Waals surface area contributed by atoms with Gasteiger partial charge in [-0.3, -0.25) is 14.5 Å². The first kappa shape index (κ1) is 18.1. The number of amides is 2. The minimum absolute atomic E-state index is 0.152. The number of carbonyl (C=O) groups is 2. The first-order chi connectivity index (χ1) is 12.7. The molecule has 5 nitrogen and oxygen atoms in total. The second-order valence-corrected chi connectivity index (χ2v) is 6.41. The average molecular weight is 351 g/mol. The van der Waals surface area contributed by atoms with Gasteiger partial charge in [-0.25, -0.2) is 0 Å². The number of likely N-dealkylation sites (N-methyl/N-ethyl adjacent to an activating group) is 1. The van der Waals surface area contributed by atoms with Gasteiger partial charge in [0.15, 0.2) is 0 Å². The third-order valence-corrected chi connectivity index (χ3v) is 4.73. The van der Waals surface area contributed by atoms with Crippen molar-refractivity contribution in [1.82, 2.24) is 15.1 Å². The van der Waals surface area contributed by atoms with E-state index in [9.17, 15) is 9.59 Å². The Labute approximate surface area is 154 Å². The van der Waals surface area contributed by atoms with Gasteiger partial charge in [-0.2, -0.15) is 0 Å². The first-order valence-electron chi connectivity index (χ1n) is 9.11. The molecular formula is C21H25N3O2. The summed E-state index contributed by atoms with van der Waals surface area (Å²) in [6.45, 7) is 4.87. The lowest BCUT2D eigenvalue weighted by Crippen LogP contribution is -2.53. The zero-order valence-electron chi connectivity index (χ0n) is 15.1. The molecule has 0 aromatic heterocycles. The first-order valence-corrected chi connectivity index (χ1v) is 9.11. The number of nitrogens with zero attached hydrogens (tertiary/aromatic N) is 2. The maximum Gasteiger partial charge on any atom is 0.311 e. The van der Waals surface area contributed by atoms with E-state index in [-0.39, 0.29) is 6.04 Å². The van der Waals surface area contributed by atoms with E-state index in [4.69, 9.17) is 0 Å². The van der Waals surface area contributed by atoms with E-state index >= 15 is 0 Å². The van der Waals surface area contributed by atoms with Crippen molar-refractivity contribution in [3.05, 3.63) is 71.8 Å². The summed E-state index contributed by atoms with van der Waals surface area (Å²) >= 11 is 0. The predicted molar refractivity (Wildman–Crippen MR) is 102 cm³/mol. The van der Waals surface area contributed by atoms with E-state index in [1.807, 2.05) is 19.1 Å². The monoisotopic (exact) mass is 351 g/mol. The van der Waals surface area contributed by atoms with Crippen LogP contribution in [0.3, 0.4) is 0 Å². The number of hydrogen-bond donors (Lipinski definition) is 1. The Balaban J connectivity index is 1.74. The van der Waals surface area contributed by atoms with Crippen molar-refractivity contribution < 1.29 is 9.59 Å². The van der Waals surface area contributed by atoms with Crippen LogP contribution in [0, 0.1) is 0 Å². The number of carbonyl (C=O) groups excluding carboxylic acids is 2. The molecule has 1 heterocycles. The van der Waals surface area contributed by atoms with Crippen molar-refractivity contribution in [2.24, 2.45) is 0 Å². The molecule has 1 N–H and O–H groups in total. The summed E-state index contributed by atoms with van der Waals surface area (Å²) < 4.78 is 0. The summed E-state index contributed by atoms with van der Waals surface area (Å²) in [5, 5.41) is 2.58. The second-order valence-electron chi connectivity index (χ2n) is 6.41. The third kappa shape index (κ3) is 4.11. The quantitative estimate of drug-likeness (QED) is 0.858. The Morgan fingerprint density at radius 1 is 0.885 bits per heavy atom. The number of hydrogen-bond acceptors (Lipinski definition) is 3. The molecule has 0 radical (unpaired) electrons. The maximum atomic E-state index is 12.2. The summed E-state index contributed by atoms with van der Waals surface area (Å²) in [6.07, 6.45) is 0. The number of rotatable bonds is 4. The predicted octanol–water partition coefficient (Wildman–Crippen LogP) is 2.06. The average Bonchev–Trinajstić information content (AvgIpc) is 2.70. The van der Waals surface area contributed by atoms with Gasteiger partial charge in [-0.05, 0) is 18.1 Å². The van der Waals surface area contributed by atoms with Crippen LogP contribution in [0.15, 0.2) is 60.7 Å². The second kappa shape index (κ2) is 8.63. The molecule has 0 atom stereocenters. The van der Waals surface area contributed by atoms with Crippen LogP contribution in [0.5, 0.6) is 0 Å². The molecule has 2 aromatic carbocycles. The zero-order chi connectivity index (χ0) is 18.4. The van der Waals surface area contributed by atoms with Gasteiger partial charge in [0.1, 0.15) is 0 Å². The van der Waals surface area contributed by atoms with Gasteiger partial charge in [-0.1, -0.05) is 60.7 Å². The van der Waals surface area contributed by atoms with E-state index in [1.54, 1.807) is 4.90 Å². The highest BCUT2D eigenvalue weighted by Gasteiger charge is 2.30. The number of piperazine rings is 1. The van der Waals surface area contributed by atoms with Crippen LogP contribution in [0.4, 0.5) is 0 Å². The van der Waals surface area contributed by atoms with E-state index in [0.717, 1.165) is 13.1 Å². The van der Waals surface area contributed by atoms with Crippen LogP contribution in [0.2, 0.25) is 0 Å². The molecule has 26 heavy (non-hydrogen) atoms. The van der Waals surface area contributed by atoms with Gasteiger partial charge >= 0.3 is 11.8 Å². The van der Waals surface area contributed by atoms with Crippen LogP contribution in [0.1, 0.15) is 24.1 Å². The molecule has 1 aliphatic rings. The van der Waals surface area contributed by atoms with Crippen molar-refractivity contribution in [3.8, 4) is 0 Å². The van der Waals surface area contributed by atoms with E-state index < -0.39 is 11.8 Å². The molecule has 1 saturated heterocycles. The highest BCUT2D eigenvalue weighted by molar-refractivity contribution is 6.35. The number of benzene rings is 2. The molecule has 136 valence electrons. The van der Waals surface area contributed by atoms with Gasteiger partial charge in [-0.15, -0.1) is 0 Å². The van der Waals surface area contributed by atoms with Gasteiger partial charge in [0.25, 0.3) is 0 Å². The minimum atomic E-state index is -0.511. The standard InChI is InChI=1S/C21H25N3O2/c1-2-22-20(25)21(26)24-15-13-23(14-16-24)19(17-9-5-3-6-10-17)18-11-7-4-8-12-18/h3-12,19H,2,13-16H2,1H3,(H,22,25). The SMILES string of the molecule is CCNC(=O)C(=O)N1CCN(C(c2ccccc2)c2ccccc2)CC1. The third-order valence-electron chi connectivity index (χ3n) is 4.73.